The second-order valence-corrected chi connectivity index (χ2v) is 5.86. The standard InChI is InChI=1S/C16H17N5O3.ClH/c22-15(12-5-7-21(20-12)11-2-1-6-17-9-11)18-10-3-4-14-13(8-10)19-16(23)24-14;/h3-5,7-8,11,17H,1-2,6,9H2,(H,18,22)(H,19,23);1H. The lowest BCUT2D eigenvalue weighted by molar-refractivity contribution is 0.102. The number of hydrogen-bond donors (Lipinski definition) is 3. The van der Waals surface area contributed by atoms with Gasteiger partial charge in [0.25, 0.3) is 5.91 Å². The highest BCUT2D eigenvalue weighted by molar-refractivity contribution is 6.03. The molecule has 3 N–H and O–H groups in total. The van der Waals surface area contributed by atoms with Crippen molar-refractivity contribution in [3.8, 4) is 0 Å². The van der Waals surface area contributed by atoms with Gasteiger partial charge in [-0.25, -0.2) is 4.79 Å². The van der Waals surface area contributed by atoms with Crippen LogP contribution in [0.15, 0.2) is 39.7 Å². The molecule has 8 nitrogen and oxygen atoms in total. The molecular formula is C16H18ClN5O3. The molecular weight excluding hydrogens is 346 g/mol. The van der Waals surface area contributed by atoms with E-state index in [4.69, 9.17) is 4.42 Å². The lowest BCUT2D eigenvalue weighted by Crippen LogP contribution is -2.32. The molecule has 9 heteroatoms. The van der Waals surface area contributed by atoms with Gasteiger partial charge >= 0.3 is 5.76 Å². The van der Waals surface area contributed by atoms with E-state index in [9.17, 15) is 9.59 Å². The summed E-state index contributed by atoms with van der Waals surface area (Å²) < 4.78 is 6.78. The van der Waals surface area contributed by atoms with Gasteiger partial charge in [-0.1, -0.05) is 0 Å². The zero-order valence-corrected chi connectivity index (χ0v) is 14.1. The number of carbonyl (C=O) groups is 1. The highest BCUT2D eigenvalue weighted by atomic mass is 35.5. The maximum atomic E-state index is 12.4. The molecule has 0 saturated carbocycles. The van der Waals surface area contributed by atoms with Gasteiger partial charge in [-0.3, -0.25) is 14.5 Å². The minimum atomic E-state index is -0.520. The first kappa shape index (κ1) is 17.2. The number of halogens is 1. The van der Waals surface area contributed by atoms with Crippen LogP contribution in [0, 0.1) is 0 Å². The number of hydrogen-bond acceptors (Lipinski definition) is 5. The molecule has 132 valence electrons. The highest BCUT2D eigenvalue weighted by Crippen LogP contribution is 2.18. The number of benzene rings is 1. The van der Waals surface area contributed by atoms with Gasteiger partial charge in [0.2, 0.25) is 0 Å². The lowest BCUT2D eigenvalue weighted by atomic mass is 10.1. The van der Waals surface area contributed by atoms with E-state index < -0.39 is 5.76 Å². The molecule has 4 rings (SSSR count). The molecule has 0 spiro atoms. The fourth-order valence-corrected chi connectivity index (χ4v) is 2.95. The molecule has 1 fully saturated rings. The lowest BCUT2D eigenvalue weighted by Gasteiger charge is -2.22. The van der Waals surface area contributed by atoms with E-state index in [2.05, 4.69) is 20.7 Å². The summed E-state index contributed by atoms with van der Waals surface area (Å²) in [5.41, 5.74) is 1.92. The minimum Gasteiger partial charge on any atom is -0.408 e. The van der Waals surface area contributed by atoms with E-state index in [0.717, 1.165) is 25.9 Å². The third kappa shape index (κ3) is 3.59. The Morgan fingerprint density at radius 3 is 3.04 bits per heavy atom. The van der Waals surface area contributed by atoms with Crippen LogP contribution in [-0.2, 0) is 0 Å². The first-order chi connectivity index (χ1) is 11.7. The summed E-state index contributed by atoms with van der Waals surface area (Å²) in [6.45, 7) is 1.90. The van der Waals surface area contributed by atoms with Gasteiger partial charge in [0, 0.05) is 18.4 Å². The summed E-state index contributed by atoms with van der Waals surface area (Å²) in [7, 11) is 0. The number of amides is 1. The number of piperidine rings is 1. The number of aromatic amines is 1. The van der Waals surface area contributed by atoms with Gasteiger partial charge in [-0.2, -0.15) is 5.10 Å². The Hall–Kier alpha value is -2.58. The number of nitrogens with one attached hydrogen (secondary N) is 3. The van der Waals surface area contributed by atoms with Gasteiger partial charge in [0.05, 0.1) is 11.6 Å². The van der Waals surface area contributed by atoms with Crippen molar-refractivity contribution in [2.45, 2.75) is 18.9 Å². The molecule has 1 aliphatic rings. The Bertz CT molecular complexity index is 939. The van der Waals surface area contributed by atoms with Crippen LogP contribution >= 0.6 is 12.4 Å². The molecule has 2 aromatic heterocycles. The summed E-state index contributed by atoms with van der Waals surface area (Å²) >= 11 is 0. The van der Waals surface area contributed by atoms with E-state index in [1.54, 1.807) is 24.3 Å². The van der Waals surface area contributed by atoms with Gasteiger partial charge in [-0.05, 0) is 43.7 Å². The third-order valence-corrected chi connectivity index (χ3v) is 4.16. The van der Waals surface area contributed by atoms with Gasteiger partial charge in [0.15, 0.2) is 11.3 Å². The van der Waals surface area contributed by atoms with Crippen molar-refractivity contribution in [3.63, 3.8) is 0 Å². The van der Waals surface area contributed by atoms with E-state index in [1.165, 1.54) is 0 Å². The van der Waals surface area contributed by atoms with Crippen molar-refractivity contribution in [1.82, 2.24) is 20.1 Å². The van der Waals surface area contributed by atoms with Crippen molar-refractivity contribution in [2.24, 2.45) is 0 Å². The number of H-pyrrole nitrogens is 1. The second-order valence-electron chi connectivity index (χ2n) is 5.86. The number of aromatic nitrogens is 3. The third-order valence-electron chi connectivity index (χ3n) is 4.16. The maximum Gasteiger partial charge on any atom is 0.417 e. The molecule has 1 aliphatic heterocycles. The van der Waals surface area contributed by atoms with Gasteiger partial charge in [0.1, 0.15) is 0 Å². The van der Waals surface area contributed by atoms with Crippen LogP contribution < -0.4 is 16.4 Å². The highest BCUT2D eigenvalue weighted by Gasteiger charge is 2.18. The molecule has 0 bridgehead atoms. The Labute approximate surface area is 149 Å². The van der Waals surface area contributed by atoms with E-state index >= 15 is 0 Å². The molecule has 3 heterocycles. The molecule has 25 heavy (non-hydrogen) atoms. The first-order valence-corrected chi connectivity index (χ1v) is 7.89. The van der Waals surface area contributed by atoms with Crippen molar-refractivity contribution >= 4 is 35.1 Å². The molecule has 0 radical (unpaired) electrons. The fourth-order valence-electron chi connectivity index (χ4n) is 2.95. The Kier molecular flexibility index (Phi) is 4.91. The van der Waals surface area contributed by atoms with Crippen LogP contribution in [0.4, 0.5) is 5.69 Å². The van der Waals surface area contributed by atoms with Crippen molar-refractivity contribution in [2.75, 3.05) is 18.4 Å². The second kappa shape index (κ2) is 7.12. The molecule has 1 aromatic carbocycles. The summed E-state index contributed by atoms with van der Waals surface area (Å²) in [6, 6.07) is 6.96. The molecule has 1 amide bonds. The van der Waals surface area contributed by atoms with Crippen LogP contribution in [-0.4, -0.2) is 33.8 Å². The predicted molar refractivity (Wildman–Crippen MR) is 95.4 cm³/mol. The summed E-state index contributed by atoms with van der Waals surface area (Å²) in [6.07, 6.45) is 4.00. The zero-order valence-electron chi connectivity index (χ0n) is 13.3. The maximum absolute atomic E-state index is 12.4. The normalized spacial score (nSPS) is 17.2. The smallest absolute Gasteiger partial charge is 0.408 e. The van der Waals surface area contributed by atoms with Crippen LogP contribution in [0.1, 0.15) is 29.4 Å². The quantitative estimate of drug-likeness (QED) is 0.659. The molecule has 1 atom stereocenters. The first-order valence-electron chi connectivity index (χ1n) is 7.89. The Morgan fingerprint density at radius 1 is 1.36 bits per heavy atom. The minimum absolute atomic E-state index is 0. The molecule has 1 saturated heterocycles. The number of carbonyl (C=O) groups excluding carboxylic acids is 1. The van der Waals surface area contributed by atoms with Crippen LogP contribution in [0.2, 0.25) is 0 Å². The monoisotopic (exact) mass is 363 g/mol. The van der Waals surface area contributed by atoms with E-state index in [1.807, 2.05) is 10.9 Å². The van der Waals surface area contributed by atoms with Gasteiger partial charge < -0.3 is 15.1 Å². The number of fused-ring (bicyclic) bond motifs is 1. The fraction of sp³-hybridized carbons (Fsp3) is 0.312. The average Bonchev–Trinajstić information content (AvgIpc) is 3.21. The molecule has 1 unspecified atom stereocenters. The van der Waals surface area contributed by atoms with Crippen LogP contribution in [0.25, 0.3) is 11.1 Å². The molecule has 3 aromatic rings. The summed E-state index contributed by atoms with van der Waals surface area (Å²) in [5, 5.41) is 10.5. The van der Waals surface area contributed by atoms with E-state index in [-0.39, 0.29) is 24.4 Å². The zero-order chi connectivity index (χ0) is 16.5. The Balaban J connectivity index is 0.00000182. The average molecular weight is 364 g/mol. The largest absolute Gasteiger partial charge is 0.417 e. The predicted octanol–water partition coefficient (Wildman–Crippen LogP) is 1.92. The number of anilines is 1. The number of nitrogens with zero attached hydrogens (tertiary/aromatic N) is 2. The topological polar surface area (TPSA) is 105 Å². The summed E-state index contributed by atoms with van der Waals surface area (Å²) in [4.78, 5) is 26.1. The Morgan fingerprint density at radius 2 is 2.24 bits per heavy atom. The van der Waals surface area contributed by atoms with Crippen molar-refractivity contribution < 1.29 is 9.21 Å². The van der Waals surface area contributed by atoms with E-state index in [0.29, 0.717) is 22.5 Å². The van der Waals surface area contributed by atoms with Gasteiger partial charge in [-0.15, -0.1) is 12.4 Å². The molecule has 0 aliphatic carbocycles. The SMILES string of the molecule is Cl.O=C(Nc1ccc2oc(=O)[nH]c2c1)c1ccn(C2CCCNC2)n1. The van der Waals surface area contributed by atoms with Crippen molar-refractivity contribution in [3.05, 3.63) is 46.7 Å². The number of rotatable bonds is 3. The van der Waals surface area contributed by atoms with Crippen LogP contribution in [0.3, 0.4) is 0 Å². The van der Waals surface area contributed by atoms with Crippen LogP contribution in [0.5, 0.6) is 0 Å². The summed E-state index contributed by atoms with van der Waals surface area (Å²) in [5.74, 6) is -0.809. The number of oxazole rings is 1. The van der Waals surface area contributed by atoms with Crippen molar-refractivity contribution in [1.29, 1.82) is 0 Å².